The monoisotopic (exact) mass is 260 g/mol. The van der Waals surface area contributed by atoms with E-state index in [1.165, 1.54) is 0 Å². The average molecular weight is 261 g/mol. The Labute approximate surface area is 105 Å². The molecule has 2 heterocycles. The van der Waals surface area contributed by atoms with Crippen molar-refractivity contribution in [3.05, 3.63) is 0 Å². The van der Waals surface area contributed by atoms with Crippen molar-refractivity contribution in [3.63, 3.8) is 0 Å². The molecule has 3 fully saturated rings. The molecule has 0 aromatic carbocycles. The van der Waals surface area contributed by atoms with Crippen LogP contribution in [0.1, 0.15) is 19.3 Å². The minimum absolute atomic E-state index is 0.0316. The number of Topliss-reactive ketones (excluding diaryl/α,β-unsaturated/α-hetero) is 1. The van der Waals surface area contributed by atoms with Crippen molar-refractivity contribution >= 4 is 17.4 Å². The van der Waals surface area contributed by atoms with Gasteiger partial charge in [-0.15, -0.1) is 11.6 Å². The van der Waals surface area contributed by atoms with Crippen LogP contribution in [0.25, 0.3) is 0 Å². The van der Waals surface area contributed by atoms with Crippen LogP contribution < -0.4 is 10.6 Å². The topological polar surface area (TPSA) is 41.1 Å². The van der Waals surface area contributed by atoms with Crippen molar-refractivity contribution < 1.29 is 9.18 Å². The van der Waals surface area contributed by atoms with E-state index >= 15 is 0 Å². The van der Waals surface area contributed by atoms with E-state index in [0.717, 1.165) is 25.9 Å². The van der Waals surface area contributed by atoms with Gasteiger partial charge in [0.2, 0.25) is 0 Å². The molecule has 1 saturated carbocycles. The second-order valence-electron chi connectivity index (χ2n) is 5.44. The zero-order valence-corrected chi connectivity index (χ0v) is 10.4. The Morgan fingerprint density at radius 2 is 2.06 bits per heavy atom. The van der Waals surface area contributed by atoms with Gasteiger partial charge in [-0.1, -0.05) is 0 Å². The second kappa shape index (κ2) is 4.48. The molecular formula is C12H18ClFN2O. The third-order valence-electron chi connectivity index (χ3n) is 4.50. The molecule has 2 N–H and O–H groups in total. The van der Waals surface area contributed by atoms with Gasteiger partial charge in [-0.2, -0.15) is 0 Å². The highest BCUT2D eigenvalue weighted by Crippen LogP contribution is 2.37. The number of alkyl halides is 2. The Balaban J connectivity index is 1.82. The zero-order valence-electron chi connectivity index (χ0n) is 9.66. The molecular weight excluding hydrogens is 243 g/mol. The molecule has 0 amide bonds. The van der Waals surface area contributed by atoms with Gasteiger partial charge in [-0.3, -0.25) is 4.79 Å². The minimum Gasteiger partial charge on any atom is -0.316 e. The van der Waals surface area contributed by atoms with E-state index in [2.05, 4.69) is 10.6 Å². The maximum Gasteiger partial charge on any atom is 0.143 e. The molecule has 2 aliphatic heterocycles. The van der Waals surface area contributed by atoms with Gasteiger partial charge < -0.3 is 10.6 Å². The van der Waals surface area contributed by atoms with Crippen molar-refractivity contribution in [2.24, 2.45) is 11.8 Å². The van der Waals surface area contributed by atoms with Gasteiger partial charge in [0.05, 0.1) is 5.38 Å². The lowest BCUT2D eigenvalue weighted by molar-refractivity contribution is -0.135. The van der Waals surface area contributed by atoms with E-state index in [1.807, 2.05) is 0 Å². The van der Waals surface area contributed by atoms with Crippen LogP contribution in [0.4, 0.5) is 4.39 Å². The standard InChI is InChI=1S/C12H18ClFN2O/c13-8-2-1-6-11(10(8)14)16-9-3-4-15-5-7(9)12(6)17/h6-11,15-16H,1-5H2. The fraction of sp³-hybridized carbons (Fsp3) is 0.917. The zero-order chi connectivity index (χ0) is 12.0. The van der Waals surface area contributed by atoms with Crippen molar-refractivity contribution in [1.82, 2.24) is 10.6 Å². The van der Waals surface area contributed by atoms with Crippen LogP contribution in [0.2, 0.25) is 0 Å². The number of rotatable bonds is 0. The maximum absolute atomic E-state index is 14.1. The highest BCUT2D eigenvalue weighted by molar-refractivity contribution is 6.21. The van der Waals surface area contributed by atoms with E-state index in [-0.39, 0.29) is 29.7 Å². The maximum atomic E-state index is 14.1. The fourth-order valence-electron chi connectivity index (χ4n) is 3.53. The van der Waals surface area contributed by atoms with E-state index in [9.17, 15) is 9.18 Å². The molecule has 0 aromatic heterocycles. The SMILES string of the molecule is O=C1C2CNCCC2NC2C1CCC(Cl)C2F. The van der Waals surface area contributed by atoms with Gasteiger partial charge in [-0.05, 0) is 25.8 Å². The Morgan fingerprint density at radius 1 is 1.24 bits per heavy atom. The van der Waals surface area contributed by atoms with Crippen LogP contribution >= 0.6 is 11.6 Å². The number of hydrogen-bond donors (Lipinski definition) is 2. The summed E-state index contributed by atoms with van der Waals surface area (Å²) in [5.41, 5.74) is 0. The Bertz CT molecular complexity index is 328. The highest BCUT2D eigenvalue weighted by atomic mass is 35.5. The molecule has 1 aliphatic carbocycles. The molecule has 2 saturated heterocycles. The first-order valence-corrected chi connectivity index (χ1v) is 6.91. The normalized spacial score (nSPS) is 50.6. The lowest BCUT2D eigenvalue weighted by Gasteiger charge is -2.47. The Hall–Kier alpha value is -0.190. The largest absolute Gasteiger partial charge is 0.316 e. The summed E-state index contributed by atoms with van der Waals surface area (Å²) in [7, 11) is 0. The molecule has 0 aromatic rings. The molecule has 96 valence electrons. The van der Waals surface area contributed by atoms with Gasteiger partial charge >= 0.3 is 0 Å². The molecule has 3 rings (SSSR count). The minimum atomic E-state index is -1.09. The summed E-state index contributed by atoms with van der Waals surface area (Å²) in [6.45, 7) is 1.64. The van der Waals surface area contributed by atoms with Crippen LogP contribution in [0.15, 0.2) is 0 Å². The summed E-state index contributed by atoms with van der Waals surface area (Å²) in [6.07, 6.45) is 1.16. The molecule has 0 spiro atoms. The lowest BCUT2D eigenvalue weighted by atomic mass is 9.70. The molecule has 0 radical (unpaired) electrons. The van der Waals surface area contributed by atoms with Crippen molar-refractivity contribution in [3.8, 4) is 0 Å². The molecule has 6 atom stereocenters. The number of carbonyl (C=O) groups is 1. The van der Waals surface area contributed by atoms with Gasteiger partial charge in [0.15, 0.2) is 0 Å². The third kappa shape index (κ3) is 1.90. The molecule has 5 heteroatoms. The second-order valence-corrected chi connectivity index (χ2v) is 6.01. The van der Waals surface area contributed by atoms with Gasteiger partial charge in [0.25, 0.3) is 0 Å². The summed E-state index contributed by atoms with van der Waals surface area (Å²) in [5.74, 6) is 0.113. The lowest BCUT2D eigenvalue weighted by Crippen LogP contribution is -2.66. The van der Waals surface area contributed by atoms with Crippen LogP contribution in [0.5, 0.6) is 0 Å². The van der Waals surface area contributed by atoms with Crippen LogP contribution in [0.3, 0.4) is 0 Å². The number of halogens is 2. The Kier molecular flexibility index (Phi) is 3.13. The van der Waals surface area contributed by atoms with Crippen LogP contribution in [-0.2, 0) is 4.79 Å². The summed E-state index contributed by atoms with van der Waals surface area (Å²) < 4.78 is 14.1. The molecule has 6 unspecified atom stereocenters. The molecule has 17 heavy (non-hydrogen) atoms. The molecule has 3 aliphatic rings. The predicted octanol–water partition coefficient (Wildman–Crippen LogP) is 0.861. The fourth-order valence-corrected chi connectivity index (χ4v) is 3.81. The molecule has 0 bridgehead atoms. The summed E-state index contributed by atoms with van der Waals surface area (Å²) >= 11 is 5.97. The van der Waals surface area contributed by atoms with Crippen molar-refractivity contribution in [2.75, 3.05) is 13.1 Å². The van der Waals surface area contributed by atoms with E-state index < -0.39 is 11.5 Å². The summed E-state index contributed by atoms with van der Waals surface area (Å²) in [6, 6.07) is -0.205. The van der Waals surface area contributed by atoms with Crippen LogP contribution in [-0.4, -0.2) is 42.5 Å². The number of fused-ring (bicyclic) bond motifs is 2. The summed E-state index contributed by atoms with van der Waals surface area (Å²) in [5, 5.41) is 6.16. The first-order valence-electron chi connectivity index (χ1n) is 6.47. The van der Waals surface area contributed by atoms with E-state index in [4.69, 9.17) is 11.6 Å². The van der Waals surface area contributed by atoms with Gasteiger partial charge in [-0.25, -0.2) is 4.39 Å². The average Bonchev–Trinajstić information content (AvgIpc) is 2.35. The van der Waals surface area contributed by atoms with E-state index in [0.29, 0.717) is 6.42 Å². The highest BCUT2D eigenvalue weighted by Gasteiger charge is 2.50. The first-order chi connectivity index (χ1) is 8.18. The predicted molar refractivity (Wildman–Crippen MR) is 64.0 cm³/mol. The number of carbonyl (C=O) groups excluding carboxylic acids is 1. The quantitative estimate of drug-likeness (QED) is 0.635. The van der Waals surface area contributed by atoms with Crippen molar-refractivity contribution in [1.29, 1.82) is 0 Å². The number of piperidine rings is 2. The Morgan fingerprint density at radius 3 is 2.88 bits per heavy atom. The smallest absolute Gasteiger partial charge is 0.143 e. The molecule has 3 nitrogen and oxygen atoms in total. The first kappa shape index (κ1) is 11.9. The number of hydrogen-bond acceptors (Lipinski definition) is 3. The van der Waals surface area contributed by atoms with Gasteiger partial charge in [0.1, 0.15) is 12.0 Å². The number of nitrogens with one attached hydrogen (secondary N) is 2. The van der Waals surface area contributed by atoms with E-state index in [1.54, 1.807) is 0 Å². The number of ketones is 1. The van der Waals surface area contributed by atoms with Crippen molar-refractivity contribution in [2.45, 2.75) is 42.9 Å². The van der Waals surface area contributed by atoms with Gasteiger partial charge in [0, 0.05) is 30.5 Å². The van der Waals surface area contributed by atoms with Crippen LogP contribution in [0, 0.1) is 11.8 Å². The summed E-state index contributed by atoms with van der Waals surface area (Å²) in [4.78, 5) is 12.4. The third-order valence-corrected chi connectivity index (χ3v) is 4.95.